The zero-order valence-electron chi connectivity index (χ0n) is 17.3. The van der Waals surface area contributed by atoms with E-state index in [0.29, 0.717) is 42.9 Å². The Hall–Kier alpha value is -3.37. The maximum absolute atomic E-state index is 13.3. The number of rotatable bonds is 5. The summed E-state index contributed by atoms with van der Waals surface area (Å²) >= 11 is 0. The van der Waals surface area contributed by atoms with E-state index in [1.54, 1.807) is 23.1 Å². The number of nitrogens with zero attached hydrogens (tertiary/aromatic N) is 2. The summed E-state index contributed by atoms with van der Waals surface area (Å²) in [6.07, 6.45) is 0.558. The van der Waals surface area contributed by atoms with Crippen LogP contribution in [0.1, 0.15) is 34.3 Å². The van der Waals surface area contributed by atoms with Gasteiger partial charge in [0.25, 0.3) is 0 Å². The Bertz CT molecular complexity index is 987. The standard InChI is InChI=1S/C24H24N2O5/c1-29-21-8-7-17(12-25)22(11-21)23(27)18-9-19-14-30-15-20(10-18)26(19)24(28)31-13-16-5-3-2-4-6-16/h2-8,11,18-20H,9-10,13-15H2,1H3. The third-order valence-electron chi connectivity index (χ3n) is 5.92. The maximum Gasteiger partial charge on any atom is 0.410 e. The minimum absolute atomic E-state index is 0.0929. The Morgan fingerprint density at radius 3 is 2.48 bits per heavy atom. The van der Waals surface area contributed by atoms with Gasteiger partial charge in [-0.15, -0.1) is 0 Å². The molecule has 2 aromatic carbocycles. The highest BCUT2D eigenvalue weighted by molar-refractivity contribution is 6.00. The van der Waals surface area contributed by atoms with E-state index in [1.165, 1.54) is 7.11 Å². The van der Waals surface area contributed by atoms with Crippen molar-refractivity contribution >= 4 is 11.9 Å². The topological polar surface area (TPSA) is 88.9 Å². The van der Waals surface area contributed by atoms with Crippen molar-refractivity contribution < 1.29 is 23.8 Å². The SMILES string of the molecule is COc1ccc(C#N)c(C(=O)C2CC3COCC(C2)N3C(=O)OCc2ccccc2)c1. The number of benzene rings is 2. The summed E-state index contributed by atoms with van der Waals surface area (Å²) in [7, 11) is 1.52. The van der Waals surface area contributed by atoms with Gasteiger partial charge in [-0.3, -0.25) is 9.69 Å². The van der Waals surface area contributed by atoms with Crippen LogP contribution in [0.2, 0.25) is 0 Å². The monoisotopic (exact) mass is 420 g/mol. The molecule has 2 heterocycles. The van der Waals surface area contributed by atoms with Crippen LogP contribution in [0, 0.1) is 17.2 Å². The Balaban J connectivity index is 1.48. The van der Waals surface area contributed by atoms with E-state index in [1.807, 2.05) is 30.3 Å². The predicted octanol–water partition coefficient (Wildman–Crippen LogP) is 3.57. The molecule has 4 rings (SSSR count). The molecule has 2 aliphatic heterocycles. The van der Waals surface area contributed by atoms with Crippen LogP contribution in [0.15, 0.2) is 48.5 Å². The third-order valence-corrected chi connectivity index (χ3v) is 5.92. The van der Waals surface area contributed by atoms with Crippen LogP contribution >= 0.6 is 0 Å². The molecule has 7 nitrogen and oxygen atoms in total. The highest BCUT2D eigenvalue weighted by Crippen LogP contribution is 2.35. The Morgan fingerprint density at radius 2 is 1.84 bits per heavy atom. The van der Waals surface area contributed by atoms with Gasteiger partial charge >= 0.3 is 6.09 Å². The van der Waals surface area contributed by atoms with Gasteiger partial charge in [0.05, 0.1) is 44.0 Å². The lowest BCUT2D eigenvalue weighted by molar-refractivity contribution is -0.0755. The van der Waals surface area contributed by atoms with Crippen molar-refractivity contribution in [2.45, 2.75) is 31.5 Å². The van der Waals surface area contributed by atoms with Gasteiger partial charge in [0, 0.05) is 11.5 Å². The molecule has 31 heavy (non-hydrogen) atoms. The van der Waals surface area contributed by atoms with Crippen molar-refractivity contribution in [3.63, 3.8) is 0 Å². The molecule has 2 aliphatic rings. The number of hydrogen-bond acceptors (Lipinski definition) is 6. The first-order valence-corrected chi connectivity index (χ1v) is 10.3. The van der Waals surface area contributed by atoms with E-state index in [4.69, 9.17) is 14.2 Å². The van der Waals surface area contributed by atoms with Crippen LogP contribution in [0.4, 0.5) is 4.79 Å². The van der Waals surface area contributed by atoms with Gasteiger partial charge in [-0.25, -0.2) is 4.79 Å². The number of fused-ring (bicyclic) bond motifs is 2. The number of hydrogen-bond donors (Lipinski definition) is 0. The summed E-state index contributed by atoms with van der Waals surface area (Å²) in [5.74, 6) is 0.147. The highest BCUT2D eigenvalue weighted by Gasteiger charge is 2.44. The summed E-state index contributed by atoms with van der Waals surface area (Å²) in [5.41, 5.74) is 1.62. The number of ketones is 1. The average molecular weight is 420 g/mol. The van der Waals surface area contributed by atoms with Gasteiger partial charge in [0.1, 0.15) is 12.4 Å². The average Bonchev–Trinajstić information content (AvgIpc) is 2.81. The highest BCUT2D eigenvalue weighted by atomic mass is 16.6. The molecule has 7 heteroatoms. The molecule has 2 fully saturated rings. The first-order valence-electron chi connectivity index (χ1n) is 10.3. The smallest absolute Gasteiger partial charge is 0.410 e. The predicted molar refractivity (Wildman–Crippen MR) is 112 cm³/mol. The summed E-state index contributed by atoms with van der Waals surface area (Å²) in [4.78, 5) is 27.8. The van der Waals surface area contributed by atoms with E-state index in [9.17, 15) is 14.9 Å². The number of piperidine rings is 1. The van der Waals surface area contributed by atoms with Crippen molar-refractivity contribution in [3.8, 4) is 11.8 Å². The van der Waals surface area contributed by atoms with Gasteiger partial charge in [-0.05, 0) is 36.6 Å². The van der Waals surface area contributed by atoms with Gasteiger partial charge in [-0.1, -0.05) is 30.3 Å². The second-order valence-corrected chi connectivity index (χ2v) is 7.85. The van der Waals surface area contributed by atoms with Gasteiger partial charge in [0.15, 0.2) is 5.78 Å². The number of amides is 1. The van der Waals surface area contributed by atoms with Gasteiger partial charge in [-0.2, -0.15) is 5.26 Å². The lowest BCUT2D eigenvalue weighted by Gasteiger charge is -2.47. The summed E-state index contributed by atoms with van der Waals surface area (Å²) in [6.45, 7) is 0.933. The van der Waals surface area contributed by atoms with Crippen molar-refractivity contribution in [3.05, 3.63) is 65.2 Å². The third kappa shape index (κ3) is 4.39. The minimum atomic E-state index is -0.382. The molecule has 2 bridgehead atoms. The quantitative estimate of drug-likeness (QED) is 0.687. The first kappa shape index (κ1) is 20.9. The van der Waals surface area contributed by atoms with E-state index >= 15 is 0 Å². The number of methoxy groups -OCH3 is 1. The van der Waals surface area contributed by atoms with Crippen molar-refractivity contribution in [2.24, 2.45) is 5.92 Å². The maximum atomic E-state index is 13.3. The van der Waals surface area contributed by atoms with Gasteiger partial charge in [0.2, 0.25) is 0 Å². The fourth-order valence-electron chi connectivity index (χ4n) is 4.39. The molecule has 0 N–H and O–H groups in total. The Morgan fingerprint density at radius 1 is 1.13 bits per heavy atom. The number of ether oxygens (including phenoxy) is 3. The fourth-order valence-corrected chi connectivity index (χ4v) is 4.39. The van der Waals surface area contributed by atoms with E-state index in [0.717, 1.165) is 5.56 Å². The van der Waals surface area contributed by atoms with Crippen molar-refractivity contribution in [2.75, 3.05) is 20.3 Å². The molecule has 0 aromatic heterocycles. The molecule has 0 saturated carbocycles. The normalized spacial score (nSPS) is 22.3. The largest absolute Gasteiger partial charge is 0.497 e. The second-order valence-electron chi connectivity index (χ2n) is 7.85. The minimum Gasteiger partial charge on any atom is -0.497 e. The van der Waals surface area contributed by atoms with Crippen LogP contribution in [-0.4, -0.2) is 49.2 Å². The summed E-state index contributed by atoms with van der Waals surface area (Å²) in [6, 6.07) is 16.0. The number of carbonyl (C=O) groups is 2. The molecule has 2 saturated heterocycles. The van der Waals surface area contributed by atoms with Crippen molar-refractivity contribution in [1.82, 2.24) is 4.90 Å². The molecule has 2 atom stereocenters. The van der Waals surface area contributed by atoms with E-state index in [-0.39, 0.29) is 36.5 Å². The molecule has 0 radical (unpaired) electrons. The lowest BCUT2D eigenvalue weighted by Crippen LogP contribution is -2.59. The number of Topliss-reactive ketones (excluding diaryl/α,β-unsaturated/α-hetero) is 1. The second kappa shape index (κ2) is 9.19. The Kier molecular flexibility index (Phi) is 6.19. The van der Waals surface area contributed by atoms with E-state index < -0.39 is 0 Å². The molecule has 160 valence electrons. The van der Waals surface area contributed by atoms with E-state index in [2.05, 4.69) is 6.07 Å². The zero-order chi connectivity index (χ0) is 21.8. The molecule has 2 unspecified atom stereocenters. The first-order chi connectivity index (χ1) is 15.1. The number of morpholine rings is 1. The summed E-state index contributed by atoms with van der Waals surface area (Å²) in [5, 5.41) is 9.43. The molecular formula is C24H24N2O5. The van der Waals surface area contributed by atoms with Crippen LogP contribution in [-0.2, 0) is 16.1 Å². The van der Waals surface area contributed by atoms with Crippen molar-refractivity contribution in [1.29, 1.82) is 5.26 Å². The lowest BCUT2D eigenvalue weighted by atomic mass is 9.80. The van der Waals surface area contributed by atoms with Gasteiger partial charge < -0.3 is 14.2 Å². The molecule has 0 aliphatic carbocycles. The number of carbonyl (C=O) groups excluding carboxylic acids is 2. The van der Waals surface area contributed by atoms with Crippen LogP contribution in [0.25, 0.3) is 0 Å². The molecular weight excluding hydrogens is 396 g/mol. The van der Waals surface area contributed by atoms with Crippen LogP contribution in [0.5, 0.6) is 5.75 Å². The molecule has 1 amide bonds. The molecule has 2 aromatic rings. The van der Waals surface area contributed by atoms with Crippen LogP contribution < -0.4 is 4.74 Å². The zero-order valence-corrected chi connectivity index (χ0v) is 17.3. The van der Waals surface area contributed by atoms with Crippen LogP contribution in [0.3, 0.4) is 0 Å². The summed E-state index contributed by atoms with van der Waals surface area (Å²) < 4.78 is 16.4. The molecule has 0 spiro atoms. The Labute approximate surface area is 181 Å². The number of nitriles is 1. The fraction of sp³-hybridized carbons (Fsp3) is 0.375.